The smallest absolute Gasteiger partial charge is 0.255 e. The number of nitrogens with one attached hydrogen (secondary N) is 2. The maximum atomic E-state index is 13.2. The fraction of sp³-hybridized carbons (Fsp3) is 0.379. The van der Waals surface area contributed by atoms with Gasteiger partial charge in [0.1, 0.15) is 12.4 Å². The predicted octanol–water partition coefficient (Wildman–Crippen LogP) is 3.16. The van der Waals surface area contributed by atoms with Crippen LogP contribution < -0.4 is 15.4 Å². The zero-order valence-corrected chi connectivity index (χ0v) is 22.8. The SMILES string of the molecule is Cn1cc(CCC(=O)N2CCCCNC(=O)c3cc(Cl)ccc3OC[C@H](Cc3ccccc3)NC(=O)C2)cn1. The van der Waals surface area contributed by atoms with E-state index in [0.717, 1.165) is 11.1 Å². The average Bonchev–Trinajstić information content (AvgIpc) is 3.34. The minimum Gasteiger partial charge on any atom is -0.491 e. The zero-order valence-electron chi connectivity index (χ0n) is 22.1. The number of benzene rings is 2. The van der Waals surface area contributed by atoms with E-state index >= 15 is 0 Å². The Kier molecular flexibility index (Phi) is 9.97. The van der Waals surface area contributed by atoms with Crippen LogP contribution in [0.2, 0.25) is 5.02 Å². The van der Waals surface area contributed by atoms with Crippen molar-refractivity contribution in [2.75, 3.05) is 26.2 Å². The van der Waals surface area contributed by atoms with E-state index in [1.54, 1.807) is 34.0 Å². The van der Waals surface area contributed by atoms with E-state index in [9.17, 15) is 14.4 Å². The molecule has 0 radical (unpaired) electrons. The van der Waals surface area contributed by atoms with Crippen LogP contribution in [-0.4, -0.2) is 64.7 Å². The number of halogens is 1. The van der Waals surface area contributed by atoms with E-state index in [-0.39, 0.29) is 43.3 Å². The topological polar surface area (TPSA) is 106 Å². The summed E-state index contributed by atoms with van der Waals surface area (Å²) in [4.78, 5) is 40.9. The molecule has 0 bridgehead atoms. The molecule has 0 saturated carbocycles. The highest BCUT2D eigenvalue weighted by Crippen LogP contribution is 2.23. The maximum absolute atomic E-state index is 13.2. The average molecular weight is 552 g/mol. The van der Waals surface area contributed by atoms with Crippen molar-refractivity contribution in [3.63, 3.8) is 0 Å². The van der Waals surface area contributed by atoms with E-state index in [1.807, 2.05) is 43.6 Å². The molecule has 4 rings (SSSR count). The lowest BCUT2D eigenvalue weighted by molar-refractivity contribution is -0.136. The summed E-state index contributed by atoms with van der Waals surface area (Å²) in [6.45, 7) is 0.927. The lowest BCUT2D eigenvalue weighted by Crippen LogP contribution is -2.47. The molecule has 1 aliphatic heterocycles. The molecular weight excluding hydrogens is 518 g/mol. The molecule has 0 aliphatic carbocycles. The largest absolute Gasteiger partial charge is 0.491 e. The molecule has 10 heteroatoms. The molecule has 1 aliphatic rings. The van der Waals surface area contributed by atoms with E-state index in [4.69, 9.17) is 16.3 Å². The van der Waals surface area contributed by atoms with Gasteiger partial charge in [0.05, 0.1) is 24.3 Å². The Hall–Kier alpha value is -3.85. The van der Waals surface area contributed by atoms with Gasteiger partial charge in [-0.2, -0.15) is 5.10 Å². The van der Waals surface area contributed by atoms with Crippen molar-refractivity contribution in [1.29, 1.82) is 0 Å². The van der Waals surface area contributed by atoms with Crippen molar-refractivity contribution in [2.45, 2.75) is 38.1 Å². The summed E-state index contributed by atoms with van der Waals surface area (Å²) in [7, 11) is 1.83. The van der Waals surface area contributed by atoms with Gasteiger partial charge in [-0.15, -0.1) is 0 Å². The van der Waals surface area contributed by atoms with Crippen molar-refractivity contribution in [3.05, 3.63) is 82.6 Å². The Labute approximate surface area is 233 Å². The van der Waals surface area contributed by atoms with E-state index in [2.05, 4.69) is 15.7 Å². The second-order valence-electron chi connectivity index (χ2n) is 9.71. The molecule has 1 aromatic heterocycles. The molecule has 3 amide bonds. The lowest BCUT2D eigenvalue weighted by atomic mass is 10.1. The number of aryl methyl sites for hydroxylation is 2. The standard InChI is InChI=1S/C29H34ClN5O4/c1-34-18-22(17-32-34)9-12-28(37)35-14-6-5-13-31-29(38)25-16-23(30)10-11-26(25)39-20-24(33-27(36)19-35)15-21-7-3-2-4-8-21/h2-4,7-8,10-11,16-18,24H,5-6,9,12-15,19-20H2,1H3,(H,31,38)(H,33,36)/t24-/m0/s1. The van der Waals surface area contributed by atoms with Crippen LogP contribution in [0, 0.1) is 0 Å². The van der Waals surface area contributed by atoms with Gasteiger partial charge in [0.2, 0.25) is 11.8 Å². The van der Waals surface area contributed by atoms with Crippen molar-refractivity contribution < 1.29 is 19.1 Å². The first-order chi connectivity index (χ1) is 18.9. The summed E-state index contributed by atoms with van der Waals surface area (Å²) in [5.41, 5.74) is 2.34. The van der Waals surface area contributed by atoms with Crippen LogP contribution in [0.4, 0.5) is 0 Å². The number of hydrogen-bond donors (Lipinski definition) is 2. The van der Waals surface area contributed by atoms with Crippen LogP contribution in [0.1, 0.15) is 40.7 Å². The highest BCUT2D eigenvalue weighted by Gasteiger charge is 2.22. The summed E-state index contributed by atoms with van der Waals surface area (Å²) in [6.07, 6.45) is 6.26. The molecule has 3 aromatic rings. The Bertz CT molecular complexity index is 1280. The molecule has 39 heavy (non-hydrogen) atoms. The molecule has 2 heterocycles. The minimum absolute atomic E-state index is 0.0459. The van der Waals surface area contributed by atoms with Crippen LogP contribution in [-0.2, 0) is 29.5 Å². The molecule has 9 nitrogen and oxygen atoms in total. The number of amides is 3. The normalized spacial score (nSPS) is 17.2. The second kappa shape index (κ2) is 13.8. The molecule has 2 N–H and O–H groups in total. The van der Waals surface area contributed by atoms with E-state index in [1.165, 1.54) is 0 Å². The second-order valence-corrected chi connectivity index (χ2v) is 10.1. The first-order valence-corrected chi connectivity index (χ1v) is 13.5. The highest BCUT2D eigenvalue weighted by molar-refractivity contribution is 6.31. The fourth-order valence-corrected chi connectivity index (χ4v) is 4.69. The first kappa shape index (κ1) is 28.2. The van der Waals surface area contributed by atoms with Gasteiger partial charge in [-0.05, 0) is 55.0 Å². The number of rotatable bonds is 5. The van der Waals surface area contributed by atoms with Gasteiger partial charge in [-0.3, -0.25) is 19.1 Å². The van der Waals surface area contributed by atoms with Gasteiger partial charge >= 0.3 is 0 Å². The zero-order chi connectivity index (χ0) is 27.6. The van der Waals surface area contributed by atoms with Gasteiger partial charge < -0.3 is 20.3 Å². The Balaban J connectivity index is 1.51. The molecule has 206 valence electrons. The van der Waals surface area contributed by atoms with E-state index < -0.39 is 0 Å². The van der Waals surface area contributed by atoms with Crippen molar-refractivity contribution in [1.82, 2.24) is 25.3 Å². The Morgan fingerprint density at radius 2 is 1.95 bits per heavy atom. The summed E-state index contributed by atoms with van der Waals surface area (Å²) in [6, 6.07) is 14.3. The first-order valence-electron chi connectivity index (χ1n) is 13.2. The van der Waals surface area contributed by atoms with E-state index in [0.29, 0.717) is 55.1 Å². The third-order valence-corrected chi connectivity index (χ3v) is 6.76. The van der Waals surface area contributed by atoms with Crippen LogP contribution in [0.15, 0.2) is 60.9 Å². The molecule has 0 saturated heterocycles. The van der Waals surface area contributed by atoms with Gasteiger partial charge in [-0.25, -0.2) is 0 Å². The number of ether oxygens (including phenoxy) is 1. The number of carbonyl (C=O) groups excluding carboxylic acids is 3. The summed E-state index contributed by atoms with van der Waals surface area (Å²) < 4.78 is 7.76. The molecule has 0 unspecified atom stereocenters. The van der Waals surface area contributed by atoms with Gasteiger partial charge in [0.25, 0.3) is 5.91 Å². The number of hydrogen-bond acceptors (Lipinski definition) is 5. The molecule has 0 spiro atoms. The number of aromatic nitrogens is 2. The minimum atomic E-state index is -0.385. The molecule has 2 aromatic carbocycles. The molecule has 1 atom stereocenters. The summed E-state index contributed by atoms with van der Waals surface area (Å²) in [5, 5.41) is 10.6. The van der Waals surface area contributed by atoms with Gasteiger partial charge in [-0.1, -0.05) is 41.9 Å². The third kappa shape index (κ3) is 8.58. The van der Waals surface area contributed by atoms with Crippen LogP contribution in [0.5, 0.6) is 5.75 Å². The third-order valence-electron chi connectivity index (χ3n) is 6.53. The predicted molar refractivity (Wildman–Crippen MR) is 149 cm³/mol. The Morgan fingerprint density at radius 3 is 2.72 bits per heavy atom. The molecular formula is C29H34ClN5O4. The fourth-order valence-electron chi connectivity index (χ4n) is 4.52. The van der Waals surface area contributed by atoms with Crippen LogP contribution >= 0.6 is 11.6 Å². The number of carbonyl (C=O) groups is 3. The van der Waals surface area contributed by atoms with Crippen LogP contribution in [0.3, 0.4) is 0 Å². The number of nitrogens with zero attached hydrogens (tertiary/aromatic N) is 3. The lowest BCUT2D eigenvalue weighted by Gasteiger charge is -2.25. The van der Waals surface area contributed by atoms with Gasteiger partial charge in [0.15, 0.2) is 0 Å². The van der Waals surface area contributed by atoms with Crippen molar-refractivity contribution in [3.8, 4) is 5.75 Å². The maximum Gasteiger partial charge on any atom is 0.255 e. The molecule has 0 fully saturated rings. The van der Waals surface area contributed by atoms with Crippen LogP contribution in [0.25, 0.3) is 0 Å². The quantitative estimate of drug-likeness (QED) is 0.507. The van der Waals surface area contributed by atoms with Crippen molar-refractivity contribution in [2.24, 2.45) is 7.05 Å². The summed E-state index contributed by atoms with van der Waals surface area (Å²) >= 11 is 6.17. The van der Waals surface area contributed by atoms with Crippen molar-refractivity contribution >= 4 is 29.3 Å². The monoisotopic (exact) mass is 551 g/mol. The number of fused-ring (bicyclic) bond motifs is 1. The Morgan fingerprint density at radius 1 is 1.13 bits per heavy atom. The summed E-state index contributed by atoms with van der Waals surface area (Å²) in [5.74, 6) is -0.239. The van der Waals surface area contributed by atoms with Gasteiger partial charge in [0, 0.05) is 37.8 Å². The highest BCUT2D eigenvalue weighted by atomic mass is 35.5.